The molecule has 56 heavy (non-hydrogen) atoms. The second kappa shape index (κ2) is 13.0. The molecular weight excluding hydrogens is 687 g/mol. The Balaban J connectivity index is 0.916. The van der Waals surface area contributed by atoms with E-state index in [1.54, 1.807) is 0 Å². The minimum atomic E-state index is 0.601. The van der Waals surface area contributed by atoms with Crippen molar-refractivity contribution in [2.75, 3.05) is 0 Å². The first kappa shape index (κ1) is 31.9. The van der Waals surface area contributed by atoms with Gasteiger partial charge >= 0.3 is 0 Å². The molecule has 0 atom stereocenters. The van der Waals surface area contributed by atoms with Crippen LogP contribution in [0.5, 0.6) is 0 Å². The summed E-state index contributed by atoms with van der Waals surface area (Å²) < 4.78 is 12.5. The fourth-order valence-electron chi connectivity index (χ4n) is 7.74. The number of hydrogen-bond acceptors (Lipinski definition) is 5. The first-order valence-corrected chi connectivity index (χ1v) is 18.7. The molecule has 0 fully saturated rings. The minimum Gasteiger partial charge on any atom is -0.456 e. The van der Waals surface area contributed by atoms with Crippen molar-refractivity contribution in [3.63, 3.8) is 0 Å². The van der Waals surface area contributed by atoms with Crippen molar-refractivity contribution in [3.05, 3.63) is 188 Å². The molecule has 0 aliphatic rings. The third kappa shape index (κ3) is 5.53. The highest BCUT2D eigenvalue weighted by Gasteiger charge is 2.18. The van der Waals surface area contributed by atoms with Crippen LogP contribution in [-0.2, 0) is 0 Å². The van der Waals surface area contributed by atoms with Gasteiger partial charge in [0, 0.05) is 38.2 Å². The maximum atomic E-state index is 6.29. The molecule has 0 bridgehead atoms. The Hall–Kier alpha value is -7.63. The molecule has 0 saturated carbocycles. The van der Waals surface area contributed by atoms with Gasteiger partial charge < -0.3 is 8.83 Å². The van der Waals surface area contributed by atoms with Gasteiger partial charge in [0.05, 0.1) is 0 Å². The highest BCUT2D eigenvalue weighted by atomic mass is 16.3. The number of benzene rings is 8. The molecule has 0 aliphatic carbocycles. The van der Waals surface area contributed by atoms with E-state index < -0.39 is 0 Å². The van der Waals surface area contributed by atoms with Crippen LogP contribution in [0.1, 0.15) is 0 Å². The Labute approximate surface area is 322 Å². The molecule has 0 unspecified atom stereocenters. The number of furan rings is 2. The molecule has 0 N–H and O–H groups in total. The van der Waals surface area contributed by atoms with Gasteiger partial charge in [0.1, 0.15) is 22.3 Å². The zero-order valence-corrected chi connectivity index (χ0v) is 30.1. The molecule has 8 aromatic carbocycles. The summed E-state index contributed by atoms with van der Waals surface area (Å²) in [6, 6.07) is 64.7. The lowest BCUT2D eigenvalue weighted by atomic mass is 9.98. The molecule has 262 valence electrons. The van der Waals surface area contributed by atoms with Crippen LogP contribution in [0.3, 0.4) is 0 Å². The Morgan fingerprint density at radius 1 is 0.268 bits per heavy atom. The average molecular weight is 718 g/mol. The zero-order chi connectivity index (χ0) is 37.0. The van der Waals surface area contributed by atoms with Crippen LogP contribution < -0.4 is 0 Å². The van der Waals surface area contributed by atoms with Crippen molar-refractivity contribution in [2.45, 2.75) is 0 Å². The van der Waals surface area contributed by atoms with E-state index in [0.717, 1.165) is 88.4 Å². The smallest absolute Gasteiger partial charge is 0.164 e. The van der Waals surface area contributed by atoms with Gasteiger partial charge in [0.25, 0.3) is 0 Å². The Morgan fingerprint density at radius 2 is 0.750 bits per heavy atom. The van der Waals surface area contributed by atoms with Crippen molar-refractivity contribution < 1.29 is 8.83 Å². The van der Waals surface area contributed by atoms with Crippen molar-refractivity contribution in [1.82, 2.24) is 15.0 Å². The van der Waals surface area contributed by atoms with Gasteiger partial charge in [-0.1, -0.05) is 152 Å². The quantitative estimate of drug-likeness (QED) is 0.171. The van der Waals surface area contributed by atoms with Gasteiger partial charge in [-0.2, -0.15) is 0 Å². The number of rotatable bonds is 6. The van der Waals surface area contributed by atoms with E-state index in [1.165, 1.54) is 5.56 Å². The van der Waals surface area contributed by atoms with Crippen LogP contribution in [-0.4, -0.2) is 15.0 Å². The molecule has 11 aromatic rings. The van der Waals surface area contributed by atoms with Crippen LogP contribution in [0.15, 0.2) is 197 Å². The lowest BCUT2D eigenvalue weighted by Gasteiger charge is -2.10. The minimum absolute atomic E-state index is 0.601. The third-order valence-electron chi connectivity index (χ3n) is 10.6. The van der Waals surface area contributed by atoms with Crippen molar-refractivity contribution >= 4 is 43.9 Å². The van der Waals surface area contributed by atoms with E-state index >= 15 is 0 Å². The van der Waals surface area contributed by atoms with E-state index in [-0.39, 0.29) is 0 Å². The predicted octanol–water partition coefficient (Wildman–Crippen LogP) is 13.7. The summed E-state index contributed by atoms with van der Waals surface area (Å²) >= 11 is 0. The molecule has 0 amide bonds. The van der Waals surface area contributed by atoms with E-state index in [1.807, 2.05) is 66.7 Å². The molecule has 0 radical (unpaired) electrons. The maximum absolute atomic E-state index is 6.29. The second-order valence-corrected chi connectivity index (χ2v) is 14.0. The molecule has 3 aromatic heterocycles. The van der Waals surface area contributed by atoms with E-state index in [9.17, 15) is 0 Å². The van der Waals surface area contributed by atoms with E-state index in [4.69, 9.17) is 23.8 Å². The number of fused-ring (bicyclic) bond motifs is 6. The second-order valence-electron chi connectivity index (χ2n) is 14.0. The Morgan fingerprint density at radius 3 is 1.48 bits per heavy atom. The summed E-state index contributed by atoms with van der Waals surface area (Å²) in [4.78, 5) is 15.1. The summed E-state index contributed by atoms with van der Waals surface area (Å²) in [7, 11) is 0. The molecule has 11 rings (SSSR count). The van der Waals surface area contributed by atoms with E-state index in [0.29, 0.717) is 17.5 Å². The molecule has 5 nitrogen and oxygen atoms in total. The summed E-state index contributed by atoms with van der Waals surface area (Å²) in [5.41, 5.74) is 13.0. The zero-order valence-electron chi connectivity index (χ0n) is 30.1. The lowest BCUT2D eigenvalue weighted by Crippen LogP contribution is -2.00. The topological polar surface area (TPSA) is 65.0 Å². The van der Waals surface area contributed by atoms with Gasteiger partial charge in [-0.05, 0) is 69.8 Å². The third-order valence-corrected chi connectivity index (χ3v) is 10.6. The van der Waals surface area contributed by atoms with Crippen molar-refractivity contribution in [1.29, 1.82) is 0 Å². The molecule has 0 saturated heterocycles. The normalized spacial score (nSPS) is 11.6. The molecule has 5 heteroatoms. The first-order valence-electron chi connectivity index (χ1n) is 18.7. The molecule has 3 heterocycles. The van der Waals surface area contributed by atoms with E-state index in [2.05, 4.69) is 121 Å². The summed E-state index contributed by atoms with van der Waals surface area (Å²) in [6.45, 7) is 0. The van der Waals surface area contributed by atoms with Gasteiger partial charge in [-0.3, -0.25) is 0 Å². The highest BCUT2D eigenvalue weighted by molar-refractivity contribution is 6.12. The average Bonchev–Trinajstić information content (AvgIpc) is 3.85. The van der Waals surface area contributed by atoms with Crippen LogP contribution in [0.25, 0.3) is 111 Å². The predicted molar refractivity (Wildman–Crippen MR) is 227 cm³/mol. The molecule has 0 aliphatic heterocycles. The summed E-state index contributed by atoms with van der Waals surface area (Å²) in [5, 5.41) is 4.26. The molecular formula is C51H31N3O2. The SMILES string of the molecule is c1ccc(-c2ccc3c(c2)oc2ccc(-c4ccc(-c5ccc(-c6nc(-c7ccccc7)nc(-c7cccc8oc9ccccc9c78)n6)cc5)cc4)cc23)cc1. The monoisotopic (exact) mass is 717 g/mol. The van der Waals surface area contributed by atoms with Gasteiger partial charge in [-0.25, -0.2) is 15.0 Å². The highest BCUT2D eigenvalue weighted by Crippen LogP contribution is 2.38. The lowest BCUT2D eigenvalue weighted by molar-refractivity contribution is 0.668. The van der Waals surface area contributed by atoms with Crippen molar-refractivity contribution in [3.8, 4) is 67.5 Å². The largest absolute Gasteiger partial charge is 0.456 e. The van der Waals surface area contributed by atoms with Crippen LogP contribution in [0, 0.1) is 0 Å². The van der Waals surface area contributed by atoms with Crippen LogP contribution >= 0.6 is 0 Å². The fourth-order valence-corrected chi connectivity index (χ4v) is 7.74. The van der Waals surface area contributed by atoms with Gasteiger partial charge in [0.2, 0.25) is 0 Å². The number of para-hydroxylation sites is 1. The summed E-state index contributed by atoms with van der Waals surface area (Å²) in [5.74, 6) is 1.83. The van der Waals surface area contributed by atoms with Gasteiger partial charge in [0.15, 0.2) is 17.5 Å². The van der Waals surface area contributed by atoms with Crippen LogP contribution in [0.4, 0.5) is 0 Å². The Bertz CT molecular complexity index is 3220. The number of hydrogen-bond donors (Lipinski definition) is 0. The Kier molecular flexibility index (Phi) is 7.42. The van der Waals surface area contributed by atoms with Gasteiger partial charge in [-0.15, -0.1) is 0 Å². The fraction of sp³-hybridized carbons (Fsp3) is 0. The van der Waals surface area contributed by atoms with Crippen LogP contribution in [0.2, 0.25) is 0 Å². The standard InChI is InChI=1S/C51H31N3O2/c1-3-10-32(11-4-1)39-26-28-40-43-30-38(27-29-45(43)56-47(40)31-39)35-20-18-33(19-21-35)34-22-24-37(25-23-34)50-52-49(36-12-5-2-6-13-36)53-51(54-50)42-15-9-17-46-48(42)41-14-7-8-16-44(41)55-46/h1-31H. The summed E-state index contributed by atoms with van der Waals surface area (Å²) in [6.07, 6.45) is 0. The number of aromatic nitrogens is 3. The first-order chi connectivity index (χ1) is 27.7. The van der Waals surface area contributed by atoms with Crippen molar-refractivity contribution in [2.24, 2.45) is 0 Å². The number of nitrogens with zero attached hydrogens (tertiary/aromatic N) is 3. The molecule has 0 spiro atoms. The maximum Gasteiger partial charge on any atom is 0.164 e.